The van der Waals surface area contributed by atoms with Crippen LogP contribution >= 0.6 is 0 Å². The van der Waals surface area contributed by atoms with Crippen molar-refractivity contribution in [3.05, 3.63) is 71.3 Å². The molecule has 2 aromatic rings. The molecule has 0 bridgehead atoms. The molecule has 1 amide bonds. The molecule has 1 fully saturated rings. The van der Waals surface area contributed by atoms with Crippen LogP contribution in [-0.2, 0) is 11.4 Å². The van der Waals surface area contributed by atoms with Gasteiger partial charge in [-0.3, -0.25) is 4.79 Å². The van der Waals surface area contributed by atoms with Crippen molar-refractivity contribution < 1.29 is 9.90 Å². The van der Waals surface area contributed by atoms with Gasteiger partial charge in [0.2, 0.25) is 5.91 Å². The molecule has 1 aliphatic heterocycles. The van der Waals surface area contributed by atoms with Crippen LogP contribution in [0.1, 0.15) is 48.5 Å². The minimum Gasteiger partial charge on any atom is -0.392 e. The zero-order chi connectivity index (χ0) is 17.6. The van der Waals surface area contributed by atoms with E-state index in [0.717, 1.165) is 24.1 Å². The van der Waals surface area contributed by atoms with Gasteiger partial charge in [-0.25, -0.2) is 0 Å². The maximum absolute atomic E-state index is 12.1. The number of carbonyl (C=O) groups is 1. The minimum absolute atomic E-state index is 0.0466. The average molecular weight is 338 g/mol. The first-order valence-corrected chi connectivity index (χ1v) is 8.96. The normalized spacial score (nSPS) is 16.9. The number of hydrogen-bond donors (Lipinski definition) is 2. The summed E-state index contributed by atoms with van der Waals surface area (Å²) in [5, 5.41) is 13.0. The lowest BCUT2D eigenvalue weighted by Gasteiger charge is -2.28. The quantitative estimate of drug-likeness (QED) is 0.815. The van der Waals surface area contributed by atoms with Crippen LogP contribution in [-0.4, -0.2) is 29.0 Å². The highest BCUT2D eigenvalue weighted by atomic mass is 16.3. The van der Waals surface area contributed by atoms with Crippen LogP contribution in [0, 0.1) is 0 Å². The number of nitrogens with zero attached hydrogens (tertiary/aromatic N) is 1. The second kappa shape index (κ2) is 8.28. The molecule has 0 radical (unpaired) electrons. The number of nitrogens with one attached hydrogen (secondary N) is 1. The summed E-state index contributed by atoms with van der Waals surface area (Å²) in [6.07, 6.45) is 1.62. The molecular weight excluding hydrogens is 312 g/mol. The molecule has 0 saturated carbocycles. The first kappa shape index (κ1) is 17.6. The van der Waals surface area contributed by atoms with Gasteiger partial charge in [0.1, 0.15) is 0 Å². The maximum Gasteiger partial charge on any atom is 0.222 e. The highest BCUT2D eigenvalue weighted by molar-refractivity contribution is 5.78. The van der Waals surface area contributed by atoms with Gasteiger partial charge >= 0.3 is 0 Å². The summed E-state index contributed by atoms with van der Waals surface area (Å²) in [5.74, 6) is 0.248. The van der Waals surface area contributed by atoms with Crippen LogP contribution in [0.2, 0.25) is 0 Å². The number of aliphatic hydroxyl groups is 1. The van der Waals surface area contributed by atoms with E-state index in [1.807, 2.05) is 41.3 Å². The Hall–Kier alpha value is -2.17. The monoisotopic (exact) mass is 338 g/mol. The van der Waals surface area contributed by atoms with Gasteiger partial charge in [-0.2, -0.15) is 0 Å². The van der Waals surface area contributed by atoms with E-state index in [0.29, 0.717) is 13.0 Å². The van der Waals surface area contributed by atoms with E-state index in [9.17, 15) is 9.90 Å². The summed E-state index contributed by atoms with van der Waals surface area (Å²) >= 11 is 0. The van der Waals surface area contributed by atoms with Crippen molar-refractivity contribution in [1.29, 1.82) is 0 Å². The summed E-state index contributed by atoms with van der Waals surface area (Å²) < 4.78 is 0. The lowest BCUT2D eigenvalue weighted by molar-refractivity contribution is -0.128. The minimum atomic E-state index is 0.0466. The molecular formula is C21H26N2O2. The zero-order valence-corrected chi connectivity index (χ0v) is 14.7. The highest BCUT2D eigenvalue weighted by Gasteiger charge is 2.25. The van der Waals surface area contributed by atoms with Crippen LogP contribution in [0.15, 0.2) is 54.6 Å². The van der Waals surface area contributed by atoms with E-state index in [1.54, 1.807) is 0 Å². The van der Waals surface area contributed by atoms with Crippen LogP contribution in [0.25, 0.3) is 0 Å². The fraction of sp³-hybridized carbons (Fsp3) is 0.381. The average Bonchev–Trinajstić information content (AvgIpc) is 3.06. The van der Waals surface area contributed by atoms with Crippen molar-refractivity contribution in [2.24, 2.45) is 0 Å². The molecule has 2 N–H and O–H groups in total. The van der Waals surface area contributed by atoms with Gasteiger partial charge in [0.25, 0.3) is 0 Å². The SMILES string of the molecule is CC(NC(CN1CCCC1=O)c1ccccc1)c1cccc(CO)c1. The molecule has 132 valence electrons. The molecule has 0 spiro atoms. The number of rotatable bonds is 7. The van der Waals surface area contributed by atoms with E-state index >= 15 is 0 Å². The Morgan fingerprint density at radius 1 is 1.12 bits per heavy atom. The number of aliphatic hydroxyl groups excluding tert-OH is 1. The Morgan fingerprint density at radius 2 is 1.88 bits per heavy atom. The number of hydrogen-bond acceptors (Lipinski definition) is 3. The van der Waals surface area contributed by atoms with Gasteiger partial charge in [0.15, 0.2) is 0 Å². The first-order chi connectivity index (χ1) is 12.2. The van der Waals surface area contributed by atoms with E-state index in [2.05, 4.69) is 30.4 Å². The Morgan fingerprint density at radius 3 is 2.56 bits per heavy atom. The van der Waals surface area contributed by atoms with Crippen LogP contribution in [0.5, 0.6) is 0 Å². The van der Waals surface area contributed by atoms with Crippen molar-refractivity contribution in [3.63, 3.8) is 0 Å². The molecule has 2 atom stereocenters. The standard InChI is InChI=1S/C21H26N2O2/c1-16(19-10-5-7-17(13-19)15-24)22-20(18-8-3-2-4-9-18)14-23-12-6-11-21(23)25/h2-5,7-10,13,16,20,22,24H,6,11-12,14-15H2,1H3. The lowest BCUT2D eigenvalue weighted by atomic mass is 10.0. The Kier molecular flexibility index (Phi) is 5.84. The molecule has 4 nitrogen and oxygen atoms in total. The lowest BCUT2D eigenvalue weighted by Crippen LogP contribution is -2.37. The van der Waals surface area contributed by atoms with Gasteiger partial charge < -0.3 is 15.3 Å². The van der Waals surface area contributed by atoms with Crippen molar-refractivity contribution in [3.8, 4) is 0 Å². The molecule has 25 heavy (non-hydrogen) atoms. The van der Waals surface area contributed by atoms with E-state index < -0.39 is 0 Å². The third kappa shape index (κ3) is 4.47. The van der Waals surface area contributed by atoms with Crippen LogP contribution < -0.4 is 5.32 Å². The van der Waals surface area contributed by atoms with Crippen LogP contribution in [0.4, 0.5) is 0 Å². The number of carbonyl (C=O) groups excluding carboxylic acids is 1. The van der Waals surface area contributed by atoms with Crippen molar-refractivity contribution in [1.82, 2.24) is 10.2 Å². The fourth-order valence-corrected chi connectivity index (χ4v) is 3.42. The highest BCUT2D eigenvalue weighted by Crippen LogP contribution is 2.23. The largest absolute Gasteiger partial charge is 0.392 e. The second-order valence-corrected chi connectivity index (χ2v) is 6.70. The Balaban J connectivity index is 1.77. The molecule has 2 aromatic carbocycles. The maximum atomic E-state index is 12.1. The molecule has 0 aromatic heterocycles. The van der Waals surface area contributed by atoms with Gasteiger partial charge in [0.05, 0.1) is 12.6 Å². The zero-order valence-electron chi connectivity index (χ0n) is 14.7. The Bertz CT molecular complexity index is 702. The predicted molar refractivity (Wildman–Crippen MR) is 98.9 cm³/mol. The topological polar surface area (TPSA) is 52.6 Å². The van der Waals surface area contributed by atoms with Gasteiger partial charge in [-0.1, -0.05) is 54.6 Å². The molecule has 1 saturated heterocycles. The molecule has 1 heterocycles. The molecule has 0 aliphatic carbocycles. The number of likely N-dealkylation sites (tertiary alicyclic amines) is 1. The van der Waals surface area contributed by atoms with Gasteiger partial charge in [-0.05, 0) is 30.0 Å². The summed E-state index contributed by atoms with van der Waals surface area (Å²) in [7, 11) is 0. The molecule has 2 unspecified atom stereocenters. The van der Waals surface area contributed by atoms with Crippen molar-refractivity contribution in [2.75, 3.05) is 13.1 Å². The summed E-state index contributed by atoms with van der Waals surface area (Å²) in [6.45, 7) is 3.70. The summed E-state index contributed by atoms with van der Waals surface area (Å²) in [5.41, 5.74) is 3.24. The van der Waals surface area contributed by atoms with E-state index in [-0.39, 0.29) is 24.6 Å². The first-order valence-electron chi connectivity index (χ1n) is 8.96. The summed E-state index contributed by atoms with van der Waals surface area (Å²) in [4.78, 5) is 14.0. The molecule has 4 heteroatoms. The van der Waals surface area contributed by atoms with Gasteiger partial charge in [0, 0.05) is 25.6 Å². The van der Waals surface area contributed by atoms with Crippen molar-refractivity contribution in [2.45, 2.75) is 38.5 Å². The third-order valence-electron chi connectivity index (χ3n) is 4.86. The van der Waals surface area contributed by atoms with E-state index in [4.69, 9.17) is 0 Å². The van der Waals surface area contributed by atoms with Gasteiger partial charge in [-0.15, -0.1) is 0 Å². The number of amides is 1. The van der Waals surface area contributed by atoms with Crippen molar-refractivity contribution >= 4 is 5.91 Å². The Labute approximate surface area is 149 Å². The van der Waals surface area contributed by atoms with E-state index in [1.165, 1.54) is 5.56 Å². The second-order valence-electron chi connectivity index (χ2n) is 6.70. The summed E-state index contributed by atoms with van der Waals surface area (Å²) in [6, 6.07) is 18.5. The smallest absolute Gasteiger partial charge is 0.222 e. The number of benzene rings is 2. The third-order valence-corrected chi connectivity index (χ3v) is 4.86. The predicted octanol–water partition coefficient (Wildman–Crippen LogP) is 3.19. The van der Waals surface area contributed by atoms with Crippen LogP contribution in [0.3, 0.4) is 0 Å². The molecule has 1 aliphatic rings. The fourth-order valence-electron chi connectivity index (χ4n) is 3.42. The molecule has 3 rings (SSSR count).